The number of nitrogens with two attached hydrogens (primary N) is 1. The molecule has 5 heteroatoms. The molecule has 104 valence electrons. The molecule has 1 amide bonds. The lowest BCUT2D eigenvalue weighted by atomic mass is 10.1. The van der Waals surface area contributed by atoms with E-state index in [9.17, 15) is 4.79 Å². The summed E-state index contributed by atoms with van der Waals surface area (Å²) in [6.45, 7) is 2.45. The first-order chi connectivity index (χ1) is 9.20. The van der Waals surface area contributed by atoms with Crippen molar-refractivity contribution in [3.05, 3.63) is 28.2 Å². The average molecular weight is 327 g/mol. The van der Waals surface area contributed by atoms with E-state index in [1.54, 1.807) is 0 Å². The number of amides is 1. The van der Waals surface area contributed by atoms with Crippen LogP contribution in [-0.4, -0.2) is 37.0 Å². The molecule has 4 nitrogen and oxygen atoms in total. The lowest BCUT2D eigenvalue weighted by Gasteiger charge is -2.16. The number of nitrogens with zero attached hydrogens (tertiary/aromatic N) is 1. The van der Waals surface area contributed by atoms with Gasteiger partial charge in [0, 0.05) is 13.1 Å². The Morgan fingerprint density at radius 2 is 2.11 bits per heavy atom. The Labute approximate surface area is 122 Å². The van der Waals surface area contributed by atoms with Crippen LogP contribution in [0.3, 0.4) is 0 Å². The van der Waals surface area contributed by atoms with Crippen molar-refractivity contribution in [2.45, 2.75) is 19.3 Å². The second kappa shape index (κ2) is 6.91. The molecule has 2 rings (SSSR count). The zero-order valence-corrected chi connectivity index (χ0v) is 12.5. The van der Waals surface area contributed by atoms with Gasteiger partial charge in [-0.3, -0.25) is 4.79 Å². The Hall–Kier alpha value is -1.07. The van der Waals surface area contributed by atoms with Gasteiger partial charge in [0.05, 0.1) is 4.47 Å². The lowest BCUT2D eigenvalue weighted by molar-refractivity contribution is -0.132. The number of halogens is 1. The number of carbonyl (C=O) groups excluding carboxylic acids is 1. The molecule has 19 heavy (non-hydrogen) atoms. The van der Waals surface area contributed by atoms with Crippen LogP contribution in [0.1, 0.15) is 18.4 Å². The van der Waals surface area contributed by atoms with Crippen molar-refractivity contribution in [3.63, 3.8) is 0 Å². The SMILES string of the molecule is NCCc1ccc(OCC(=O)N2CCCC2)c(Br)c1. The summed E-state index contributed by atoms with van der Waals surface area (Å²) in [5.74, 6) is 0.767. The van der Waals surface area contributed by atoms with E-state index >= 15 is 0 Å². The van der Waals surface area contributed by atoms with Crippen molar-refractivity contribution >= 4 is 21.8 Å². The van der Waals surface area contributed by atoms with E-state index in [2.05, 4.69) is 15.9 Å². The van der Waals surface area contributed by atoms with Gasteiger partial charge in [-0.1, -0.05) is 6.07 Å². The van der Waals surface area contributed by atoms with Crippen LogP contribution >= 0.6 is 15.9 Å². The molecule has 0 spiro atoms. The van der Waals surface area contributed by atoms with E-state index in [-0.39, 0.29) is 12.5 Å². The molecule has 0 aliphatic carbocycles. The summed E-state index contributed by atoms with van der Waals surface area (Å²) in [4.78, 5) is 13.7. The van der Waals surface area contributed by atoms with Crippen molar-refractivity contribution in [3.8, 4) is 5.75 Å². The van der Waals surface area contributed by atoms with Crippen LogP contribution in [0.25, 0.3) is 0 Å². The molecular formula is C14H19BrN2O2. The van der Waals surface area contributed by atoms with Gasteiger partial charge in [0.25, 0.3) is 5.91 Å². The van der Waals surface area contributed by atoms with Crippen LogP contribution in [0.4, 0.5) is 0 Å². The Morgan fingerprint density at radius 1 is 1.37 bits per heavy atom. The van der Waals surface area contributed by atoms with Gasteiger partial charge in [-0.05, 0) is 59.4 Å². The van der Waals surface area contributed by atoms with E-state index in [4.69, 9.17) is 10.5 Å². The zero-order chi connectivity index (χ0) is 13.7. The van der Waals surface area contributed by atoms with Crippen LogP contribution in [0.2, 0.25) is 0 Å². The topological polar surface area (TPSA) is 55.6 Å². The fraction of sp³-hybridized carbons (Fsp3) is 0.500. The smallest absolute Gasteiger partial charge is 0.260 e. The van der Waals surface area contributed by atoms with Gasteiger partial charge >= 0.3 is 0 Å². The summed E-state index contributed by atoms with van der Waals surface area (Å²) in [6, 6.07) is 5.85. The van der Waals surface area contributed by atoms with E-state index in [1.165, 1.54) is 0 Å². The standard InChI is InChI=1S/C14H19BrN2O2/c15-12-9-11(5-6-16)3-4-13(12)19-10-14(18)17-7-1-2-8-17/h3-4,9H,1-2,5-8,10,16H2. The Bertz CT molecular complexity index is 445. The molecule has 1 heterocycles. The summed E-state index contributed by atoms with van der Waals surface area (Å²) in [5, 5.41) is 0. The Kier molecular flexibility index (Phi) is 5.22. The third-order valence-corrected chi connectivity index (χ3v) is 3.86. The van der Waals surface area contributed by atoms with E-state index in [0.29, 0.717) is 12.3 Å². The Balaban J connectivity index is 1.90. The second-order valence-electron chi connectivity index (χ2n) is 4.68. The third-order valence-electron chi connectivity index (χ3n) is 3.24. The number of hydrogen-bond acceptors (Lipinski definition) is 3. The summed E-state index contributed by atoms with van der Waals surface area (Å²) in [5.41, 5.74) is 6.68. The molecule has 1 aromatic rings. The summed E-state index contributed by atoms with van der Waals surface area (Å²) < 4.78 is 6.44. The lowest BCUT2D eigenvalue weighted by Crippen LogP contribution is -2.32. The van der Waals surface area contributed by atoms with Crippen molar-refractivity contribution < 1.29 is 9.53 Å². The van der Waals surface area contributed by atoms with Crippen molar-refractivity contribution in [2.24, 2.45) is 5.73 Å². The monoisotopic (exact) mass is 326 g/mol. The molecule has 1 aromatic carbocycles. The normalized spacial score (nSPS) is 14.7. The number of ether oxygens (including phenoxy) is 1. The molecular weight excluding hydrogens is 308 g/mol. The number of rotatable bonds is 5. The van der Waals surface area contributed by atoms with E-state index in [0.717, 1.165) is 42.4 Å². The molecule has 2 N–H and O–H groups in total. The highest BCUT2D eigenvalue weighted by molar-refractivity contribution is 9.10. The molecule has 0 unspecified atom stereocenters. The van der Waals surface area contributed by atoms with Crippen molar-refractivity contribution in [1.82, 2.24) is 4.90 Å². The number of likely N-dealkylation sites (tertiary alicyclic amines) is 1. The minimum Gasteiger partial charge on any atom is -0.483 e. The first-order valence-corrected chi connectivity index (χ1v) is 7.39. The summed E-state index contributed by atoms with van der Waals surface area (Å²) >= 11 is 3.46. The molecule has 0 bridgehead atoms. The molecule has 0 aromatic heterocycles. The maximum absolute atomic E-state index is 11.9. The van der Waals surface area contributed by atoms with Crippen molar-refractivity contribution in [2.75, 3.05) is 26.2 Å². The van der Waals surface area contributed by atoms with Crippen LogP contribution in [0, 0.1) is 0 Å². The number of hydrogen-bond donors (Lipinski definition) is 1. The molecule has 1 fully saturated rings. The van der Waals surface area contributed by atoms with Crippen LogP contribution in [-0.2, 0) is 11.2 Å². The number of benzene rings is 1. The van der Waals surface area contributed by atoms with Crippen molar-refractivity contribution in [1.29, 1.82) is 0 Å². The van der Waals surface area contributed by atoms with Gasteiger partial charge in [0.2, 0.25) is 0 Å². The molecule has 0 saturated carbocycles. The fourth-order valence-corrected chi connectivity index (χ4v) is 2.72. The van der Waals surface area contributed by atoms with Gasteiger partial charge in [0.1, 0.15) is 5.75 Å². The highest BCUT2D eigenvalue weighted by Gasteiger charge is 2.18. The van der Waals surface area contributed by atoms with E-state index < -0.39 is 0 Å². The predicted octanol–water partition coefficient (Wildman–Crippen LogP) is 1.95. The quantitative estimate of drug-likeness (QED) is 0.899. The van der Waals surface area contributed by atoms with Gasteiger partial charge in [-0.2, -0.15) is 0 Å². The molecule has 1 saturated heterocycles. The highest BCUT2D eigenvalue weighted by atomic mass is 79.9. The Morgan fingerprint density at radius 3 is 2.74 bits per heavy atom. The van der Waals surface area contributed by atoms with Crippen LogP contribution < -0.4 is 10.5 Å². The van der Waals surface area contributed by atoms with Gasteiger partial charge in [0.15, 0.2) is 6.61 Å². The summed E-state index contributed by atoms with van der Waals surface area (Å²) in [7, 11) is 0. The third kappa shape index (κ3) is 3.94. The largest absolute Gasteiger partial charge is 0.483 e. The van der Waals surface area contributed by atoms with E-state index in [1.807, 2.05) is 23.1 Å². The maximum Gasteiger partial charge on any atom is 0.260 e. The minimum absolute atomic E-state index is 0.0652. The molecule has 1 aliphatic heterocycles. The predicted molar refractivity (Wildman–Crippen MR) is 78.2 cm³/mol. The zero-order valence-electron chi connectivity index (χ0n) is 10.9. The summed E-state index contributed by atoms with van der Waals surface area (Å²) in [6.07, 6.45) is 3.04. The second-order valence-corrected chi connectivity index (χ2v) is 5.53. The number of carbonyl (C=O) groups is 1. The van der Waals surface area contributed by atoms with Crippen LogP contribution in [0.5, 0.6) is 5.75 Å². The first-order valence-electron chi connectivity index (χ1n) is 6.60. The first kappa shape index (κ1) is 14.3. The molecule has 1 aliphatic rings. The maximum atomic E-state index is 11.9. The average Bonchev–Trinajstić information content (AvgIpc) is 2.92. The minimum atomic E-state index is 0.0652. The molecule has 0 atom stereocenters. The van der Waals surface area contributed by atoms with Gasteiger partial charge in [-0.15, -0.1) is 0 Å². The van der Waals surface area contributed by atoms with Crippen LogP contribution in [0.15, 0.2) is 22.7 Å². The van der Waals surface area contributed by atoms with Gasteiger partial charge < -0.3 is 15.4 Å². The van der Waals surface area contributed by atoms with Gasteiger partial charge in [-0.25, -0.2) is 0 Å². The highest BCUT2D eigenvalue weighted by Crippen LogP contribution is 2.26. The molecule has 0 radical (unpaired) electrons. The fourth-order valence-electron chi connectivity index (χ4n) is 2.18.